The lowest BCUT2D eigenvalue weighted by atomic mass is 10.1. The molecule has 0 saturated carbocycles. The zero-order valence-electron chi connectivity index (χ0n) is 20.1. The number of carbonyl (C=O) groups excluding carboxylic acids is 2. The minimum Gasteiger partial charge on any atom is -0.461 e. The van der Waals surface area contributed by atoms with E-state index in [1.165, 1.54) is 18.1 Å². The number of nitrogen functional groups attached to an aromatic ring is 1. The molecule has 3 atom stereocenters. The fraction of sp³-hybridized carbons (Fsp3) is 0.269. The van der Waals surface area contributed by atoms with Gasteiger partial charge in [-0.2, -0.15) is 14.4 Å². The van der Waals surface area contributed by atoms with Crippen LogP contribution >= 0.6 is 11.8 Å². The summed E-state index contributed by atoms with van der Waals surface area (Å²) in [5.74, 6) is -0.982. The van der Waals surface area contributed by atoms with Crippen LogP contribution in [0.25, 0.3) is 11.2 Å². The van der Waals surface area contributed by atoms with Crippen molar-refractivity contribution in [3.63, 3.8) is 0 Å². The number of ether oxygens (including phenoxy) is 2. The molecule has 2 aromatic carbocycles. The van der Waals surface area contributed by atoms with E-state index < -0.39 is 24.1 Å². The van der Waals surface area contributed by atoms with E-state index in [1.54, 1.807) is 28.8 Å². The number of halogens is 1. The summed E-state index contributed by atoms with van der Waals surface area (Å²) < 4.78 is 27.2. The number of rotatable bonds is 6. The summed E-state index contributed by atoms with van der Waals surface area (Å²) in [5, 5.41) is -0.706. The van der Waals surface area contributed by atoms with Gasteiger partial charge in [0.15, 0.2) is 11.5 Å². The minimum atomic E-state index is -0.957. The van der Waals surface area contributed by atoms with Crippen molar-refractivity contribution in [2.75, 3.05) is 12.3 Å². The molecular weight excluding hydrogens is 497 g/mol. The van der Waals surface area contributed by atoms with Crippen LogP contribution in [0.4, 0.5) is 10.2 Å². The number of thioether (sulfide) groups is 1. The van der Waals surface area contributed by atoms with Crippen molar-refractivity contribution in [3.8, 4) is 0 Å². The molecule has 1 saturated heterocycles. The summed E-state index contributed by atoms with van der Waals surface area (Å²) in [5.41, 5.74) is 8.86. The molecule has 11 heteroatoms. The van der Waals surface area contributed by atoms with Gasteiger partial charge < -0.3 is 19.8 Å². The average molecular weight is 522 g/mol. The SMILES string of the molecule is Cc1ccccc1C(=O)OC[C@H]1S[C@H](n2cnc3c(N)nc(F)nc32)C[C@@H]1OC(=O)c1ccccc1C. The second kappa shape index (κ2) is 10.2. The summed E-state index contributed by atoms with van der Waals surface area (Å²) in [6.45, 7) is 3.68. The normalized spacial score (nSPS) is 19.2. The first-order chi connectivity index (χ1) is 17.8. The third kappa shape index (κ3) is 4.99. The standard InChI is InChI=1S/C26H24FN5O4S/c1-14-7-3-5-9-16(14)24(33)35-12-19-18(36-25(34)17-10-6-4-8-15(17)2)11-20(37-19)32-13-29-21-22(28)30-26(27)31-23(21)32/h3-10,13,18-20H,11-12H2,1-2H3,(H2,28,30,31)/t18-,19+,20-/m0/s1. The summed E-state index contributed by atoms with van der Waals surface area (Å²) in [6, 6.07) is 14.3. The Kier molecular flexibility index (Phi) is 6.79. The first kappa shape index (κ1) is 24.7. The number of nitrogens with two attached hydrogens (primary N) is 1. The van der Waals surface area contributed by atoms with E-state index >= 15 is 0 Å². The highest BCUT2D eigenvalue weighted by atomic mass is 32.2. The molecule has 2 aromatic heterocycles. The summed E-state index contributed by atoms with van der Waals surface area (Å²) in [4.78, 5) is 37.4. The van der Waals surface area contributed by atoms with E-state index in [4.69, 9.17) is 15.2 Å². The fourth-order valence-electron chi connectivity index (χ4n) is 4.31. The van der Waals surface area contributed by atoms with Crippen LogP contribution in [-0.4, -0.2) is 49.4 Å². The molecule has 0 aliphatic carbocycles. The Bertz CT molecular complexity index is 1490. The molecule has 0 unspecified atom stereocenters. The van der Waals surface area contributed by atoms with Gasteiger partial charge in [-0.25, -0.2) is 14.6 Å². The summed E-state index contributed by atoms with van der Waals surface area (Å²) in [7, 11) is 0. The van der Waals surface area contributed by atoms with E-state index in [9.17, 15) is 14.0 Å². The quantitative estimate of drug-likeness (QED) is 0.293. The van der Waals surface area contributed by atoms with Crippen LogP contribution < -0.4 is 5.73 Å². The van der Waals surface area contributed by atoms with Gasteiger partial charge >= 0.3 is 18.0 Å². The van der Waals surface area contributed by atoms with Gasteiger partial charge in [0.05, 0.1) is 28.1 Å². The molecule has 9 nitrogen and oxygen atoms in total. The molecular formula is C26H24FN5O4S. The molecule has 2 N–H and O–H groups in total. The largest absolute Gasteiger partial charge is 0.461 e. The van der Waals surface area contributed by atoms with Crippen LogP contribution in [0.15, 0.2) is 54.9 Å². The first-order valence-corrected chi connectivity index (χ1v) is 12.6. The van der Waals surface area contributed by atoms with E-state index in [-0.39, 0.29) is 34.2 Å². The van der Waals surface area contributed by atoms with Crippen molar-refractivity contribution in [1.29, 1.82) is 0 Å². The minimum absolute atomic E-state index is 0.0121. The number of aryl methyl sites for hydroxylation is 2. The van der Waals surface area contributed by atoms with Crippen LogP contribution in [0.3, 0.4) is 0 Å². The molecule has 0 radical (unpaired) electrons. The number of fused-ring (bicyclic) bond motifs is 1. The molecule has 0 bridgehead atoms. The van der Waals surface area contributed by atoms with Crippen molar-refractivity contribution < 1.29 is 23.5 Å². The highest BCUT2D eigenvalue weighted by Crippen LogP contribution is 2.44. The van der Waals surface area contributed by atoms with E-state index in [0.29, 0.717) is 17.5 Å². The highest BCUT2D eigenvalue weighted by molar-refractivity contribution is 8.00. The Morgan fingerprint density at radius 3 is 2.38 bits per heavy atom. The molecule has 190 valence electrons. The predicted octanol–water partition coefficient (Wildman–Crippen LogP) is 4.25. The second-order valence-corrected chi connectivity index (χ2v) is 10.2. The fourth-order valence-corrected chi connectivity index (χ4v) is 5.79. The van der Waals surface area contributed by atoms with E-state index in [1.807, 2.05) is 38.1 Å². The summed E-state index contributed by atoms with van der Waals surface area (Å²) in [6.07, 6.45) is 0.329. The number of hydrogen-bond acceptors (Lipinski definition) is 9. The lowest BCUT2D eigenvalue weighted by molar-refractivity contribution is 0.0205. The lowest BCUT2D eigenvalue weighted by Crippen LogP contribution is -2.30. The Morgan fingerprint density at radius 2 is 1.70 bits per heavy atom. The van der Waals surface area contributed by atoms with Gasteiger partial charge in [0, 0.05) is 6.42 Å². The predicted molar refractivity (Wildman–Crippen MR) is 137 cm³/mol. The van der Waals surface area contributed by atoms with Crippen molar-refractivity contribution in [3.05, 3.63) is 83.2 Å². The van der Waals surface area contributed by atoms with Crippen molar-refractivity contribution in [2.45, 2.75) is 37.0 Å². The van der Waals surface area contributed by atoms with Crippen molar-refractivity contribution >= 4 is 40.7 Å². The molecule has 1 aliphatic heterocycles. The van der Waals surface area contributed by atoms with Gasteiger partial charge in [-0.1, -0.05) is 36.4 Å². The van der Waals surface area contributed by atoms with Crippen molar-refractivity contribution in [1.82, 2.24) is 19.5 Å². The van der Waals surface area contributed by atoms with Crippen LogP contribution in [0.5, 0.6) is 0 Å². The smallest absolute Gasteiger partial charge is 0.338 e. The van der Waals surface area contributed by atoms with Gasteiger partial charge in [0.25, 0.3) is 0 Å². The molecule has 3 heterocycles. The molecule has 1 aliphatic rings. The zero-order chi connectivity index (χ0) is 26.1. The number of esters is 2. The Hall–Kier alpha value is -3.99. The maximum Gasteiger partial charge on any atom is 0.338 e. The third-order valence-electron chi connectivity index (χ3n) is 6.28. The average Bonchev–Trinajstić information content (AvgIpc) is 3.47. The van der Waals surface area contributed by atoms with Crippen molar-refractivity contribution in [2.24, 2.45) is 0 Å². The first-order valence-electron chi connectivity index (χ1n) is 11.6. The molecule has 4 aromatic rings. The van der Waals surface area contributed by atoms with Gasteiger partial charge in [-0.05, 0) is 37.1 Å². The maximum atomic E-state index is 13.9. The Morgan fingerprint density at radius 1 is 1.05 bits per heavy atom. The number of anilines is 1. The van der Waals surface area contributed by atoms with E-state index in [0.717, 1.165) is 11.1 Å². The van der Waals surface area contributed by atoms with Gasteiger partial charge in [-0.3, -0.25) is 0 Å². The van der Waals surface area contributed by atoms with Crippen LogP contribution in [0, 0.1) is 19.9 Å². The maximum absolute atomic E-state index is 13.9. The number of carbonyl (C=O) groups is 2. The topological polar surface area (TPSA) is 122 Å². The third-order valence-corrected chi connectivity index (χ3v) is 7.80. The van der Waals surface area contributed by atoms with Gasteiger partial charge in [0.2, 0.25) is 0 Å². The van der Waals surface area contributed by atoms with Crippen LogP contribution in [0.2, 0.25) is 0 Å². The number of hydrogen-bond donors (Lipinski definition) is 1. The molecule has 0 amide bonds. The molecule has 37 heavy (non-hydrogen) atoms. The Labute approximate surface area is 216 Å². The van der Waals surface area contributed by atoms with Crippen LogP contribution in [-0.2, 0) is 9.47 Å². The lowest BCUT2D eigenvalue weighted by Gasteiger charge is -2.19. The zero-order valence-corrected chi connectivity index (χ0v) is 20.9. The van der Waals surface area contributed by atoms with E-state index in [2.05, 4.69) is 15.0 Å². The molecule has 5 rings (SSSR count). The Balaban J connectivity index is 1.40. The number of nitrogens with zero attached hydrogens (tertiary/aromatic N) is 4. The molecule has 0 spiro atoms. The van der Waals surface area contributed by atoms with Gasteiger partial charge in [0.1, 0.15) is 18.2 Å². The monoisotopic (exact) mass is 521 g/mol. The molecule has 1 fully saturated rings. The van der Waals surface area contributed by atoms with Gasteiger partial charge in [-0.15, -0.1) is 11.8 Å². The number of imidazole rings is 1. The second-order valence-electron chi connectivity index (χ2n) is 8.74. The highest BCUT2D eigenvalue weighted by Gasteiger charge is 2.40. The number of aromatic nitrogens is 4. The summed E-state index contributed by atoms with van der Waals surface area (Å²) >= 11 is 1.43. The number of benzene rings is 2. The van der Waals surface area contributed by atoms with Crippen LogP contribution in [0.1, 0.15) is 43.6 Å².